The summed E-state index contributed by atoms with van der Waals surface area (Å²) in [6.07, 6.45) is -1.33. The van der Waals surface area contributed by atoms with Gasteiger partial charge < -0.3 is 34.1 Å². The molecule has 2 bridgehead atoms. The van der Waals surface area contributed by atoms with Gasteiger partial charge in [-0.15, -0.1) is 0 Å². The van der Waals surface area contributed by atoms with Crippen LogP contribution in [0.5, 0.6) is 0 Å². The minimum atomic E-state index is -4.22. The highest BCUT2D eigenvalue weighted by molar-refractivity contribution is 8.44. The van der Waals surface area contributed by atoms with E-state index in [1.54, 1.807) is 4.57 Å². The van der Waals surface area contributed by atoms with Crippen molar-refractivity contribution < 1.29 is 37.4 Å². The molecule has 0 spiro atoms. The zero-order valence-electron chi connectivity index (χ0n) is 20.1. The molecule has 4 aromatic rings. The maximum atomic E-state index is 13.4. The molecule has 0 saturated carbocycles. The van der Waals surface area contributed by atoms with Crippen molar-refractivity contribution in [3.63, 3.8) is 0 Å². The molecular formula is C19H25N9O9P2S2. The molecule has 2 aliphatic rings. The number of ether oxygens (including phenoxy) is 1. The molecule has 22 heteroatoms. The largest absolute Gasteiger partial charge is 0.387 e. The van der Waals surface area contributed by atoms with Crippen molar-refractivity contribution in [2.24, 2.45) is 0 Å². The van der Waals surface area contributed by atoms with E-state index >= 15 is 0 Å². The van der Waals surface area contributed by atoms with Crippen molar-refractivity contribution in [3.8, 4) is 0 Å². The number of aliphatic hydroxyl groups excluding tert-OH is 1. The third-order valence-electron chi connectivity index (χ3n) is 6.11. The normalized spacial score (nSPS) is 31.3. The number of nitrogen functional groups attached to an aromatic ring is 1. The Labute approximate surface area is 241 Å². The summed E-state index contributed by atoms with van der Waals surface area (Å²) in [4.78, 5) is 45.9. The first-order valence-electron chi connectivity index (χ1n) is 11.5. The lowest BCUT2D eigenvalue weighted by atomic mass is 10.1. The highest BCUT2D eigenvalue weighted by atomic mass is 32.7. The summed E-state index contributed by atoms with van der Waals surface area (Å²) in [5, 5.41) is 11.1. The SMILES string of the molecule is C.Nc1nc2c(ncn2[C@@H]2O[C@@H]3COP(O)(=S)OCCn4c(nc5cncnc54)COP(=O)(S)O[C@@H]2[C@@H]3O)c(=O)[nH]1. The minimum absolute atomic E-state index is 0. The number of anilines is 1. The number of imidazole rings is 2. The first kappa shape index (κ1) is 30.1. The molecule has 0 radical (unpaired) electrons. The van der Waals surface area contributed by atoms with Gasteiger partial charge in [0, 0.05) is 6.54 Å². The number of thiol groups is 1. The van der Waals surface area contributed by atoms with Gasteiger partial charge in [0.15, 0.2) is 23.0 Å². The second-order valence-corrected chi connectivity index (χ2v) is 14.4. The van der Waals surface area contributed by atoms with E-state index in [1.807, 2.05) is 0 Å². The van der Waals surface area contributed by atoms with E-state index in [0.29, 0.717) is 11.2 Å². The molecule has 0 amide bonds. The number of rotatable bonds is 1. The Kier molecular flexibility index (Phi) is 8.36. The molecule has 1 fully saturated rings. The van der Waals surface area contributed by atoms with Crippen LogP contribution < -0.4 is 11.3 Å². The van der Waals surface area contributed by atoms with Gasteiger partial charge in [0.25, 0.3) is 5.56 Å². The van der Waals surface area contributed by atoms with Crippen LogP contribution in [-0.2, 0) is 52.4 Å². The Balaban J connectivity index is 0.00000337. The highest BCUT2D eigenvalue weighted by Crippen LogP contribution is 2.57. The molecule has 0 aromatic carbocycles. The standard InChI is InChI=1S/C18H21N9O9P2S2.CH4/c19-18-24-15-11(16(29)25-18)22-7-27(15)17-13-12(28)9(35-17)4-33-37(30,39)32-2-1-26-10(5-34-38(31,40)36-13)23-8-3-20-6-21-14(8)26;/h3,6-7,9,12-13,17,28H,1-2,4-5H2,(H,30,39)(H,31,40)(H3,19,24,25,29);1H4/t9-,12-,13-,17-,37?,38?;/m1./s1. The Morgan fingerprint density at radius 1 is 1.22 bits per heavy atom. The van der Waals surface area contributed by atoms with Crippen molar-refractivity contribution in [2.75, 3.05) is 18.9 Å². The first-order chi connectivity index (χ1) is 19.0. The fourth-order valence-corrected chi connectivity index (χ4v) is 6.87. The van der Waals surface area contributed by atoms with Gasteiger partial charge >= 0.3 is 13.5 Å². The number of hydrogen-bond donors (Lipinski definition) is 5. The van der Waals surface area contributed by atoms with E-state index in [1.165, 1.54) is 23.4 Å². The number of nitrogens with two attached hydrogens (primary N) is 1. The van der Waals surface area contributed by atoms with Crippen LogP contribution in [0.25, 0.3) is 22.3 Å². The monoisotopic (exact) mass is 649 g/mol. The maximum Gasteiger partial charge on any atom is 0.387 e. The van der Waals surface area contributed by atoms with Crippen molar-refractivity contribution in [2.45, 2.75) is 45.1 Å². The van der Waals surface area contributed by atoms with E-state index in [0.717, 1.165) is 0 Å². The number of hydrogen-bond acceptors (Lipinski definition) is 15. The summed E-state index contributed by atoms with van der Waals surface area (Å²) in [5.74, 6) is 0.0784. The second kappa shape index (κ2) is 11.4. The molecule has 18 nitrogen and oxygen atoms in total. The molecule has 4 aromatic heterocycles. The molecule has 6 atom stereocenters. The van der Waals surface area contributed by atoms with Gasteiger partial charge in [-0.1, -0.05) is 19.7 Å². The van der Waals surface area contributed by atoms with Crippen LogP contribution in [-0.4, -0.2) is 80.6 Å². The number of fused-ring (bicyclic) bond motifs is 6. The zero-order valence-corrected chi connectivity index (χ0v) is 23.6. The van der Waals surface area contributed by atoms with Crippen LogP contribution in [0.4, 0.5) is 5.95 Å². The summed E-state index contributed by atoms with van der Waals surface area (Å²) in [7, 11) is 0. The lowest BCUT2D eigenvalue weighted by molar-refractivity contribution is -0.0476. The van der Waals surface area contributed by atoms with Gasteiger partial charge in [-0.2, -0.15) is 4.98 Å². The molecule has 6 rings (SSSR count). The van der Waals surface area contributed by atoms with Gasteiger partial charge in [-0.25, -0.2) is 24.5 Å². The summed E-state index contributed by atoms with van der Waals surface area (Å²) >= 11 is 9.23. The molecule has 222 valence electrons. The predicted molar refractivity (Wildman–Crippen MR) is 149 cm³/mol. The van der Waals surface area contributed by atoms with E-state index in [4.69, 9.17) is 40.4 Å². The highest BCUT2D eigenvalue weighted by Gasteiger charge is 2.49. The lowest BCUT2D eigenvalue weighted by Crippen LogP contribution is -2.35. The van der Waals surface area contributed by atoms with E-state index in [-0.39, 0.29) is 50.1 Å². The summed E-state index contributed by atoms with van der Waals surface area (Å²) < 4.78 is 44.4. The lowest BCUT2D eigenvalue weighted by Gasteiger charge is -2.24. The van der Waals surface area contributed by atoms with Crippen molar-refractivity contribution in [1.29, 1.82) is 0 Å². The molecule has 2 aliphatic heterocycles. The summed E-state index contributed by atoms with van der Waals surface area (Å²) in [6, 6.07) is 0. The first-order valence-corrected chi connectivity index (χ1v) is 16.8. The van der Waals surface area contributed by atoms with Crippen LogP contribution in [0.1, 0.15) is 19.5 Å². The molecule has 6 heterocycles. The molecule has 0 aliphatic carbocycles. The van der Waals surface area contributed by atoms with Gasteiger partial charge in [-0.3, -0.25) is 23.4 Å². The Morgan fingerprint density at radius 3 is 2.83 bits per heavy atom. The minimum Gasteiger partial charge on any atom is -0.387 e. The van der Waals surface area contributed by atoms with Crippen LogP contribution in [0.3, 0.4) is 0 Å². The number of aromatic amines is 1. The number of aliphatic hydroxyl groups is 1. The van der Waals surface area contributed by atoms with E-state index in [9.17, 15) is 19.4 Å². The van der Waals surface area contributed by atoms with Crippen LogP contribution in [0, 0.1) is 0 Å². The van der Waals surface area contributed by atoms with Crippen molar-refractivity contribution in [1.82, 2.24) is 39.0 Å². The molecule has 1 saturated heterocycles. The van der Waals surface area contributed by atoms with Crippen molar-refractivity contribution in [3.05, 3.63) is 35.0 Å². The average molecular weight is 650 g/mol. The van der Waals surface area contributed by atoms with Crippen LogP contribution >= 0.6 is 25.8 Å². The Hall–Kier alpha value is -2.35. The smallest absolute Gasteiger partial charge is 0.387 e. The topological polar surface area (TPSA) is 237 Å². The van der Waals surface area contributed by atoms with Gasteiger partial charge in [0.05, 0.1) is 25.7 Å². The quantitative estimate of drug-likeness (QED) is 0.140. The zero-order chi connectivity index (χ0) is 28.2. The Morgan fingerprint density at radius 2 is 2.02 bits per heavy atom. The fraction of sp³-hybridized carbons (Fsp3) is 0.474. The molecule has 41 heavy (non-hydrogen) atoms. The van der Waals surface area contributed by atoms with Gasteiger partial charge in [0.1, 0.15) is 42.6 Å². The third kappa shape index (κ3) is 5.95. The number of aromatic nitrogens is 8. The number of nitrogens with zero attached hydrogens (tertiary/aromatic N) is 7. The summed E-state index contributed by atoms with van der Waals surface area (Å²) in [6.45, 7) is -8.78. The predicted octanol–water partition coefficient (Wildman–Crippen LogP) is 0.639. The van der Waals surface area contributed by atoms with Gasteiger partial charge in [0.2, 0.25) is 5.95 Å². The molecule has 2 unspecified atom stereocenters. The number of nitrogens with one attached hydrogen (secondary N) is 1. The van der Waals surface area contributed by atoms with Crippen molar-refractivity contribution >= 4 is 65.8 Å². The molecular weight excluding hydrogens is 624 g/mol. The third-order valence-corrected chi connectivity index (χ3v) is 9.32. The van der Waals surface area contributed by atoms with E-state index in [2.05, 4.69) is 42.2 Å². The second-order valence-electron chi connectivity index (χ2n) is 8.65. The van der Waals surface area contributed by atoms with Crippen LogP contribution in [0.15, 0.2) is 23.6 Å². The summed E-state index contributed by atoms with van der Waals surface area (Å²) in [5.41, 5.74) is 5.88. The Bertz CT molecular complexity index is 1750. The van der Waals surface area contributed by atoms with E-state index < -0.39 is 50.2 Å². The molecule has 5 N–H and O–H groups in total. The van der Waals surface area contributed by atoms with Crippen LogP contribution in [0.2, 0.25) is 0 Å². The van der Waals surface area contributed by atoms with Gasteiger partial charge in [-0.05, 0) is 11.8 Å². The average Bonchev–Trinajstić information content (AvgIpc) is 3.55. The number of H-pyrrole nitrogens is 1. The fourth-order valence-electron chi connectivity index (χ4n) is 4.37. The maximum absolute atomic E-state index is 13.4.